The topological polar surface area (TPSA) is 78.4 Å². The van der Waals surface area contributed by atoms with E-state index >= 15 is 0 Å². The number of rotatable bonds is 5. The van der Waals surface area contributed by atoms with Crippen molar-refractivity contribution in [1.29, 1.82) is 0 Å². The first kappa shape index (κ1) is 18.9. The van der Waals surface area contributed by atoms with Crippen LogP contribution in [0.5, 0.6) is 0 Å². The van der Waals surface area contributed by atoms with Gasteiger partial charge in [0.05, 0.1) is 11.3 Å². The Morgan fingerprint density at radius 3 is 2.48 bits per heavy atom. The van der Waals surface area contributed by atoms with Gasteiger partial charge in [0.15, 0.2) is 0 Å². The van der Waals surface area contributed by atoms with Gasteiger partial charge in [-0.15, -0.1) is 0 Å². The lowest BCUT2D eigenvalue weighted by Gasteiger charge is -2.14. The maximum Gasteiger partial charge on any atom is 0.418 e. The van der Waals surface area contributed by atoms with Crippen LogP contribution in [-0.4, -0.2) is 30.1 Å². The predicted octanol–water partition coefficient (Wildman–Crippen LogP) is 1.92. The zero-order chi connectivity index (χ0) is 17.6. The summed E-state index contributed by atoms with van der Waals surface area (Å²) in [5.74, 6) is -3.63. The fourth-order valence-electron chi connectivity index (χ4n) is 1.71. The van der Waals surface area contributed by atoms with Crippen molar-refractivity contribution in [3.63, 3.8) is 0 Å². The Bertz CT molecular complexity index is 576. The number of halogens is 4. The minimum atomic E-state index is -4.88. The summed E-state index contributed by atoms with van der Waals surface area (Å²) < 4.78 is 51.3. The molecule has 3 N–H and O–H groups in total. The molecular formula is C14H16F4N2O3. The van der Waals surface area contributed by atoms with E-state index in [1.807, 2.05) is 5.32 Å². The van der Waals surface area contributed by atoms with Gasteiger partial charge in [0.25, 0.3) is 0 Å². The quantitative estimate of drug-likeness (QED) is 0.568. The van der Waals surface area contributed by atoms with E-state index in [2.05, 4.69) is 5.32 Å². The fourth-order valence-corrected chi connectivity index (χ4v) is 1.71. The molecule has 128 valence electrons. The Morgan fingerprint density at radius 1 is 1.26 bits per heavy atom. The summed E-state index contributed by atoms with van der Waals surface area (Å²) in [6.45, 7) is 1.71. The molecule has 0 aliphatic rings. The monoisotopic (exact) mass is 336 g/mol. The summed E-state index contributed by atoms with van der Waals surface area (Å²) in [6, 6.07) is 1.71. The van der Waals surface area contributed by atoms with Crippen LogP contribution in [0.4, 0.5) is 23.2 Å². The maximum atomic E-state index is 12.9. The first-order chi connectivity index (χ1) is 10.6. The van der Waals surface area contributed by atoms with Gasteiger partial charge in [-0.2, -0.15) is 13.2 Å². The fraction of sp³-hybridized carbons (Fsp3) is 0.429. The standard InChI is InChI=1S/C14H16F4N2O3/c1-8(4-5-21)7-19-12(22)13(23)20-11-3-2-9(15)6-10(11)14(16,17)18/h2-3,6,8,21H,4-5,7H2,1H3,(H,19,22)(H,20,23). The molecule has 0 radical (unpaired) electrons. The molecule has 5 nitrogen and oxygen atoms in total. The molecule has 0 aliphatic carbocycles. The number of anilines is 1. The molecule has 1 aromatic carbocycles. The van der Waals surface area contributed by atoms with E-state index in [-0.39, 0.29) is 25.1 Å². The highest BCUT2D eigenvalue weighted by atomic mass is 19.4. The molecule has 0 aliphatic heterocycles. The average molecular weight is 336 g/mol. The molecule has 0 saturated heterocycles. The highest BCUT2D eigenvalue weighted by Crippen LogP contribution is 2.35. The van der Waals surface area contributed by atoms with E-state index in [0.717, 1.165) is 12.1 Å². The number of amides is 2. The van der Waals surface area contributed by atoms with E-state index < -0.39 is 35.1 Å². The van der Waals surface area contributed by atoms with Gasteiger partial charge in [-0.3, -0.25) is 9.59 Å². The molecule has 0 spiro atoms. The number of alkyl halides is 3. The second-order valence-corrected chi connectivity index (χ2v) is 4.97. The minimum absolute atomic E-state index is 0.0857. The molecule has 1 unspecified atom stereocenters. The number of benzene rings is 1. The third-order valence-corrected chi connectivity index (χ3v) is 2.97. The molecule has 1 atom stereocenters. The Kier molecular flexibility index (Phi) is 6.49. The Hall–Kier alpha value is -2.16. The predicted molar refractivity (Wildman–Crippen MR) is 73.9 cm³/mol. The lowest BCUT2D eigenvalue weighted by molar-refractivity contribution is -0.138. The van der Waals surface area contributed by atoms with Crippen LogP contribution in [0, 0.1) is 11.7 Å². The van der Waals surface area contributed by atoms with Gasteiger partial charge >= 0.3 is 18.0 Å². The summed E-state index contributed by atoms with van der Waals surface area (Å²) in [5.41, 5.74) is -2.09. The Morgan fingerprint density at radius 2 is 1.91 bits per heavy atom. The highest BCUT2D eigenvalue weighted by Gasteiger charge is 2.34. The van der Waals surface area contributed by atoms with Gasteiger partial charge in [0.1, 0.15) is 5.82 Å². The summed E-state index contributed by atoms with van der Waals surface area (Å²) in [4.78, 5) is 23.2. The molecule has 23 heavy (non-hydrogen) atoms. The molecule has 0 bridgehead atoms. The number of hydrogen-bond acceptors (Lipinski definition) is 3. The van der Waals surface area contributed by atoms with Crippen LogP contribution >= 0.6 is 0 Å². The molecule has 0 saturated carbocycles. The van der Waals surface area contributed by atoms with Crippen LogP contribution in [-0.2, 0) is 15.8 Å². The van der Waals surface area contributed by atoms with Gasteiger partial charge in [-0.05, 0) is 30.5 Å². The van der Waals surface area contributed by atoms with Gasteiger partial charge in [0.2, 0.25) is 0 Å². The number of aliphatic hydroxyl groups excluding tert-OH is 1. The van der Waals surface area contributed by atoms with E-state index in [9.17, 15) is 27.2 Å². The molecule has 0 fully saturated rings. The lowest BCUT2D eigenvalue weighted by Crippen LogP contribution is -2.38. The molecule has 1 rings (SSSR count). The van der Waals surface area contributed by atoms with Crippen molar-refractivity contribution in [2.75, 3.05) is 18.5 Å². The van der Waals surface area contributed by atoms with Crippen molar-refractivity contribution in [3.8, 4) is 0 Å². The van der Waals surface area contributed by atoms with Gasteiger partial charge in [0, 0.05) is 13.2 Å². The number of nitrogens with one attached hydrogen (secondary N) is 2. The number of aliphatic hydroxyl groups is 1. The summed E-state index contributed by atoms with van der Waals surface area (Å²) in [5, 5.41) is 12.8. The van der Waals surface area contributed by atoms with E-state index in [1.165, 1.54) is 0 Å². The largest absolute Gasteiger partial charge is 0.418 e. The third-order valence-electron chi connectivity index (χ3n) is 2.97. The van der Waals surface area contributed by atoms with Crippen molar-refractivity contribution in [2.45, 2.75) is 19.5 Å². The zero-order valence-corrected chi connectivity index (χ0v) is 12.2. The molecule has 2 amide bonds. The SMILES string of the molecule is CC(CCO)CNC(=O)C(=O)Nc1ccc(F)cc1C(F)(F)F. The van der Waals surface area contributed by atoms with Gasteiger partial charge in [-0.25, -0.2) is 4.39 Å². The molecule has 9 heteroatoms. The van der Waals surface area contributed by atoms with E-state index in [1.54, 1.807) is 6.92 Å². The van der Waals surface area contributed by atoms with Crippen LogP contribution in [0.15, 0.2) is 18.2 Å². The summed E-state index contributed by atoms with van der Waals surface area (Å²) >= 11 is 0. The highest BCUT2D eigenvalue weighted by molar-refractivity contribution is 6.39. The van der Waals surface area contributed by atoms with Crippen molar-refractivity contribution in [2.24, 2.45) is 5.92 Å². The number of hydrogen-bond donors (Lipinski definition) is 3. The second kappa shape index (κ2) is 7.91. The van der Waals surface area contributed by atoms with Crippen LogP contribution in [0.25, 0.3) is 0 Å². The Labute approximate surface area is 129 Å². The Balaban J connectivity index is 2.76. The van der Waals surface area contributed by atoms with E-state index in [4.69, 9.17) is 5.11 Å². The zero-order valence-electron chi connectivity index (χ0n) is 12.2. The molecule has 0 heterocycles. The van der Waals surface area contributed by atoms with Crippen LogP contribution in [0.3, 0.4) is 0 Å². The summed E-state index contributed by atoms with van der Waals surface area (Å²) in [6.07, 6.45) is -4.48. The van der Waals surface area contributed by atoms with E-state index in [0.29, 0.717) is 6.42 Å². The minimum Gasteiger partial charge on any atom is -0.396 e. The summed E-state index contributed by atoms with van der Waals surface area (Å²) in [7, 11) is 0. The second-order valence-electron chi connectivity index (χ2n) is 4.97. The van der Waals surface area contributed by atoms with Gasteiger partial charge < -0.3 is 15.7 Å². The molecule has 1 aromatic rings. The van der Waals surface area contributed by atoms with Crippen LogP contribution in [0.1, 0.15) is 18.9 Å². The lowest BCUT2D eigenvalue weighted by atomic mass is 10.1. The smallest absolute Gasteiger partial charge is 0.396 e. The number of carbonyl (C=O) groups is 2. The molecular weight excluding hydrogens is 320 g/mol. The average Bonchev–Trinajstić information content (AvgIpc) is 2.45. The van der Waals surface area contributed by atoms with Crippen LogP contribution < -0.4 is 10.6 Å². The van der Waals surface area contributed by atoms with Crippen molar-refractivity contribution < 1.29 is 32.3 Å². The van der Waals surface area contributed by atoms with Crippen molar-refractivity contribution in [3.05, 3.63) is 29.6 Å². The first-order valence-corrected chi connectivity index (χ1v) is 6.72. The third kappa shape index (κ3) is 5.85. The van der Waals surface area contributed by atoms with Crippen molar-refractivity contribution in [1.82, 2.24) is 5.32 Å². The van der Waals surface area contributed by atoms with Crippen molar-refractivity contribution >= 4 is 17.5 Å². The number of carbonyl (C=O) groups excluding carboxylic acids is 2. The van der Waals surface area contributed by atoms with Gasteiger partial charge in [-0.1, -0.05) is 6.92 Å². The normalized spacial score (nSPS) is 12.6. The van der Waals surface area contributed by atoms with Crippen LogP contribution in [0.2, 0.25) is 0 Å². The maximum absolute atomic E-state index is 12.9. The molecule has 0 aromatic heterocycles. The first-order valence-electron chi connectivity index (χ1n) is 6.72.